The van der Waals surface area contributed by atoms with E-state index in [1.54, 1.807) is 0 Å². The van der Waals surface area contributed by atoms with Crippen molar-refractivity contribution in [2.24, 2.45) is 0 Å². The summed E-state index contributed by atoms with van der Waals surface area (Å²) in [5.74, 6) is -0.0267. The van der Waals surface area contributed by atoms with Gasteiger partial charge in [-0.25, -0.2) is 0 Å². The van der Waals surface area contributed by atoms with Crippen molar-refractivity contribution < 1.29 is 4.79 Å². The fraction of sp³-hybridized carbons (Fsp3) is 0.294. The van der Waals surface area contributed by atoms with Crippen LogP contribution in [0, 0.1) is 0 Å². The maximum absolute atomic E-state index is 11.7. The Morgan fingerprint density at radius 3 is 2.67 bits per heavy atom. The standard InChI is InChI=1S/C17H20N2OS/c1-2-3-4-12-16(20)19-17(21)18-15-11-7-9-13-8-5-6-10-14(13)15/h5-11H,2-4,12H2,1H3,(H2,18,19,20,21). The largest absolute Gasteiger partial charge is 0.332 e. The summed E-state index contributed by atoms with van der Waals surface area (Å²) in [7, 11) is 0. The number of thiocarbonyl (C=S) groups is 1. The van der Waals surface area contributed by atoms with E-state index in [0.717, 1.165) is 35.7 Å². The number of anilines is 1. The first-order chi connectivity index (χ1) is 10.2. The van der Waals surface area contributed by atoms with Gasteiger partial charge in [0.05, 0.1) is 0 Å². The van der Waals surface area contributed by atoms with Crippen molar-refractivity contribution in [3.8, 4) is 0 Å². The molecule has 0 fully saturated rings. The van der Waals surface area contributed by atoms with Crippen LogP contribution in [0.4, 0.5) is 5.69 Å². The first-order valence-corrected chi connectivity index (χ1v) is 7.70. The smallest absolute Gasteiger partial charge is 0.226 e. The molecule has 21 heavy (non-hydrogen) atoms. The second-order valence-electron chi connectivity index (χ2n) is 4.99. The fourth-order valence-corrected chi connectivity index (χ4v) is 2.44. The average Bonchev–Trinajstić information content (AvgIpc) is 2.48. The molecule has 0 aromatic heterocycles. The number of hydrogen-bond donors (Lipinski definition) is 2. The number of hydrogen-bond acceptors (Lipinski definition) is 2. The number of carbonyl (C=O) groups excluding carboxylic acids is 1. The topological polar surface area (TPSA) is 41.1 Å². The molecule has 2 aromatic rings. The molecule has 3 nitrogen and oxygen atoms in total. The Labute approximate surface area is 130 Å². The lowest BCUT2D eigenvalue weighted by Crippen LogP contribution is -2.33. The van der Waals surface area contributed by atoms with E-state index < -0.39 is 0 Å². The van der Waals surface area contributed by atoms with E-state index in [2.05, 4.69) is 17.6 Å². The Kier molecular flexibility index (Phi) is 5.69. The van der Waals surface area contributed by atoms with Crippen LogP contribution in [-0.4, -0.2) is 11.0 Å². The maximum atomic E-state index is 11.7. The van der Waals surface area contributed by atoms with Crippen molar-refractivity contribution in [2.75, 3.05) is 5.32 Å². The van der Waals surface area contributed by atoms with Crippen molar-refractivity contribution in [2.45, 2.75) is 32.6 Å². The van der Waals surface area contributed by atoms with E-state index in [1.165, 1.54) is 0 Å². The predicted molar refractivity (Wildman–Crippen MR) is 92.5 cm³/mol. The first-order valence-electron chi connectivity index (χ1n) is 7.29. The highest BCUT2D eigenvalue weighted by molar-refractivity contribution is 7.80. The summed E-state index contributed by atoms with van der Waals surface area (Å²) in [4.78, 5) is 11.7. The Morgan fingerprint density at radius 1 is 1.10 bits per heavy atom. The molecule has 2 N–H and O–H groups in total. The average molecular weight is 300 g/mol. The second kappa shape index (κ2) is 7.74. The van der Waals surface area contributed by atoms with Crippen molar-refractivity contribution in [3.05, 3.63) is 42.5 Å². The lowest BCUT2D eigenvalue weighted by molar-refractivity contribution is -0.119. The minimum Gasteiger partial charge on any atom is -0.332 e. The zero-order valence-electron chi connectivity index (χ0n) is 12.2. The minimum atomic E-state index is -0.0267. The molecule has 0 aliphatic carbocycles. The Balaban J connectivity index is 1.97. The van der Waals surface area contributed by atoms with Gasteiger partial charge in [-0.15, -0.1) is 0 Å². The summed E-state index contributed by atoms with van der Waals surface area (Å²) in [6, 6.07) is 14.0. The summed E-state index contributed by atoms with van der Waals surface area (Å²) in [5.41, 5.74) is 0.909. The first kappa shape index (κ1) is 15.4. The van der Waals surface area contributed by atoms with Gasteiger partial charge in [-0.1, -0.05) is 56.2 Å². The van der Waals surface area contributed by atoms with Gasteiger partial charge in [-0.05, 0) is 30.1 Å². The highest BCUT2D eigenvalue weighted by Crippen LogP contribution is 2.22. The van der Waals surface area contributed by atoms with Crippen molar-refractivity contribution >= 4 is 39.7 Å². The summed E-state index contributed by atoms with van der Waals surface area (Å²) >= 11 is 5.21. The van der Waals surface area contributed by atoms with Gasteiger partial charge in [-0.2, -0.15) is 0 Å². The van der Waals surface area contributed by atoms with Crippen LogP contribution < -0.4 is 10.6 Å². The monoisotopic (exact) mass is 300 g/mol. The predicted octanol–water partition coefficient (Wildman–Crippen LogP) is 4.23. The van der Waals surface area contributed by atoms with Gasteiger partial charge in [-0.3, -0.25) is 4.79 Å². The van der Waals surface area contributed by atoms with Crippen LogP contribution in [0.5, 0.6) is 0 Å². The van der Waals surface area contributed by atoms with Crippen LogP contribution >= 0.6 is 12.2 Å². The molecule has 2 aromatic carbocycles. The lowest BCUT2D eigenvalue weighted by Gasteiger charge is -2.11. The van der Waals surface area contributed by atoms with E-state index in [0.29, 0.717) is 11.5 Å². The van der Waals surface area contributed by atoms with Crippen molar-refractivity contribution in [1.29, 1.82) is 0 Å². The van der Waals surface area contributed by atoms with Gasteiger partial charge < -0.3 is 10.6 Å². The number of fused-ring (bicyclic) bond motifs is 1. The molecule has 4 heteroatoms. The quantitative estimate of drug-likeness (QED) is 0.641. The van der Waals surface area contributed by atoms with E-state index in [9.17, 15) is 4.79 Å². The molecule has 0 saturated heterocycles. The summed E-state index contributed by atoms with van der Waals surface area (Å²) in [6.45, 7) is 2.12. The van der Waals surface area contributed by atoms with E-state index in [4.69, 9.17) is 12.2 Å². The number of rotatable bonds is 5. The van der Waals surface area contributed by atoms with Crippen LogP contribution in [0.1, 0.15) is 32.6 Å². The molecule has 0 atom stereocenters. The van der Waals surface area contributed by atoms with Crippen LogP contribution in [-0.2, 0) is 4.79 Å². The van der Waals surface area contributed by atoms with Crippen LogP contribution in [0.3, 0.4) is 0 Å². The Hall–Kier alpha value is -1.94. The number of unbranched alkanes of at least 4 members (excludes halogenated alkanes) is 2. The molecule has 0 heterocycles. The molecule has 0 unspecified atom stereocenters. The highest BCUT2D eigenvalue weighted by atomic mass is 32.1. The van der Waals surface area contributed by atoms with E-state index in [-0.39, 0.29) is 5.91 Å². The molecule has 0 saturated carbocycles. The Morgan fingerprint density at radius 2 is 1.86 bits per heavy atom. The SMILES string of the molecule is CCCCCC(=O)NC(=S)Nc1cccc2ccccc12. The van der Waals surface area contributed by atoms with E-state index in [1.807, 2.05) is 42.5 Å². The third kappa shape index (κ3) is 4.53. The lowest BCUT2D eigenvalue weighted by atomic mass is 10.1. The van der Waals surface area contributed by atoms with Gasteiger partial charge in [0, 0.05) is 17.5 Å². The third-order valence-electron chi connectivity index (χ3n) is 3.30. The van der Waals surface area contributed by atoms with Gasteiger partial charge in [0.15, 0.2) is 5.11 Å². The molecule has 0 bridgehead atoms. The van der Waals surface area contributed by atoms with Crippen molar-refractivity contribution in [3.63, 3.8) is 0 Å². The second-order valence-corrected chi connectivity index (χ2v) is 5.39. The molecule has 0 spiro atoms. The van der Waals surface area contributed by atoms with Crippen LogP contribution in [0.2, 0.25) is 0 Å². The van der Waals surface area contributed by atoms with Crippen molar-refractivity contribution in [1.82, 2.24) is 5.32 Å². The van der Waals surface area contributed by atoms with Crippen LogP contribution in [0.25, 0.3) is 10.8 Å². The number of amides is 1. The Bertz CT molecular complexity index is 634. The molecule has 110 valence electrons. The summed E-state index contributed by atoms with van der Waals surface area (Å²) in [5, 5.41) is 8.42. The van der Waals surface area contributed by atoms with E-state index >= 15 is 0 Å². The molecular weight excluding hydrogens is 280 g/mol. The molecule has 2 rings (SSSR count). The molecule has 0 aliphatic heterocycles. The number of carbonyl (C=O) groups is 1. The molecular formula is C17H20N2OS. The number of nitrogens with one attached hydrogen (secondary N) is 2. The maximum Gasteiger partial charge on any atom is 0.226 e. The number of benzene rings is 2. The zero-order valence-corrected chi connectivity index (χ0v) is 13.0. The van der Waals surface area contributed by atoms with Crippen LogP contribution in [0.15, 0.2) is 42.5 Å². The zero-order chi connectivity index (χ0) is 15.1. The van der Waals surface area contributed by atoms with Gasteiger partial charge >= 0.3 is 0 Å². The molecule has 1 amide bonds. The molecule has 0 radical (unpaired) electrons. The normalized spacial score (nSPS) is 10.3. The van der Waals surface area contributed by atoms with Gasteiger partial charge in [0.2, 0.25) is 5.91 Å². The highest BCUT2D eigenvalue weighted by Gasteiger charge is 2.06. The molecule has 0 aliphatic rings. The third-order valence-corrected chi connectivity index (χ3v) is 3.50. The summed E-state index contributed by atoms with van der Waals surface area (Å²) < 4.78 is 0. The van der Waals surface area contributed by atoms with Gasteiger partial charge in [0.1, 0.15) is 0 Å². The fourth-order valence-electron chi connectivity index (χ4n) is 2.21. The minimum absolute atomic E-state index is 0.0267. The van der Waals surface area contributed by atoms with Gasteiger partial charge in [0.25, 0.3) is 0 Å². The summed E-state index contributed by atoms with van der Waals surface area (Å²) in [6.07, 6.45) is 3.59.